The first kappa shape index (κ1) is 15.6. The lowest BCUT2D eigenvalue weighted by Gasteiger charge is -2.47. The Morgan fingerprint density at radius 1 is 1.14 bits per heavy atom. The van der Waals surface area contributed by atoms with Crippen LogP contribution >= 0.6 is 0 Å². The van der Waals surface area contributed by atoms with E-state index in [1.54, 1.807) is 0 Å². The van der Waals surface area contributed by atoms with Crippen molar-refractivity contribution >= 4 is 8.32 Å². The van der Waals surface area contributed by atoms with Gasteiger partial charge < -0.3 is 13.9 Å². The van der Waals surface area contributed by atoms with Gasteiger partial charge in [0.05, 0.1) is 5.41 Å². The Morgan fingerprint density at radius 3 is 2.36 bits per heavy atom. The Hall–Kier alpha value is -1.26. The summed E-state index contributed by atoms with van der Waals surface area (Å²) in [5.41, 5.74) is 1.05. The first-order chi connectivity index (χ1) is 10.1. The maximum Gasteiger partial charge on any atom is 0.264 e. The van der Waals surface area contributed by atoms with Gasteiger partial charge in [-0.25, -0.2) is 0 Å². The molecule has 3 nitrogen and oxygen atoms in total. The van der Waals surface area contributed by atoms with Crippen molar-refractivity contribution in [3.63, 3.8) is 0 Å². The van der Waals surface area contributed by atoms with Crippen molar-refractivity contribution in [2.24, 2.45) is 5.41 Å². The molecule has 0 saturated carbocycles. The van der Waals surface area contributed by atoms with Crippen LogP contribution in [-0.2, 0) is 13.9 Å². The van der Waals surface area contributed by atoms with Gasteiger partial charge in [-0.1, -0.05) is 51.1 Å². The lowest BCUT2D eigenvalue weighted by atomic mass is 9.76. The Bertz CT molecular complexity index is 588. The Balaban J connectivity index is 1.79. The van der Waals surface area contributed by atoms with Crippen molar-refractivity contribution < 1.29 is 13.9 Å². The summed E-state index contributed by atoms with van der Waals surface area (Å²) in [6.45, 7) is 13.3. The maximum absolute atomic E-state index is 6.29. The minimum absolute atomic E-state index is 0.0409. The molecule has 0 amide bonds. The normalized spacial score (nSPS) is 30.9. The van der Waals surface area contributed by atoms with E-state index >= 15 is 0 Å². The lowest BCUT2D eigenvalue weighted by Crippen LogP contribution is -2.49. The number of rotatable bonds is 3. The summed E-state index contributed by atoms with van der Waals surface area (Å²) in [5.74, 6) is 0.650. The monoisotopic (exact) mass is 318 g/mol. The third-order valence-electron chi connectivity index (χ3n) is 5.25. The molecule has 1 aromatic rings. The van der Waals surface area contributed by atoms with Gasteiger partial charge in [0, 0.05) is 6.08 Å². The van der Waals surface area contributed by atoms with E-state index in [2.05, 4.69) is 59.0 Å². The summed E-state index contributed by atoms with van der Waals surface area (Å²) in [7, 11) is -1.88. The minimum Gasteiger partial charge on any atom is -0.519 e. The highest BCUT2D eigenvalue weighted by molar-refractivity contribution is 6.74. The Morgan fingerprint density at radius 2 is 1.77 bits per heavy atom. The number of hydrogen-bond acceptors (Lipinski definition) is 3. The second kappa shape index (κ2) is 4.87. The zero-order valence-electron chi connectivity index (χ0n) is 14.3. The van der Waals surface area contributed by atoms with Crippen molar-refractivity contribution in [2.45, 2.75) is 58.2 Å². The van der Waals surface area contributed by atoms with Crippen LogP contribution in [-0.4, -0.2) is 14.6 Å². The lowest BCUT2D eigenvalue weighted by molar-refractivity contribution is -0.310. The van der Waals surface area contributed by atoms with E-state index in [0.29, 0.717) is 5.95 Å². The van der Waals surface area contributed by atoms with Crippen LogP contribution in [0.25, 0.3) is 0 Å². The van der Waals surface area contributed by atoms with Crippen LogP contribution < -0.4 is 0 Å². The van der Waals surface area contributed by atoms with Crippen LogP contribution in [0.3, 0.4) is 0 Å². The van der Waals surface area contributed by atoms with Gasteiger partial charge in [-0.2, -0.15) is 0 Å². The summed E-state index contributed by atoms with van der Waals surface area (Å²) in [4.78, 5) is 0. The average molecular weight is 318 g/mol. The van der Waals surface area contributed by atoms with Gasteiger partial charge in [0.25, 0.3) is 14.3 Å². The molecule has 0 spiro atoms. The summed E-state index contributed by atoms with van der Waals surface area (Å²) in [5, 5.41) is 0.152. The van der Waals surface area contributed by atoms with Gasteiger partial charge in [0.1, 0.15) is 6.10 Å². The van der Waals surface area contributed by atoms with Crippen molar-refractivity contribution in [3.8, 4) is 0 Å². The molecular weight excluding hydrogens is 292 g/mol. The van der Waals surface area contributed by atoms with Crippen molar-refractivity contribution in [2.75, 3.05) is 0 Å². The van der Waals surface area contributed by atoms with Gasteiger partial charge in [-0.3, -0.25) is 0 Å². The van der Waals surface area contributed by atoms with E-state index in [0.717, 1.165) is 0 Å². The molecule has 0 aromatic heterocycles. The van der Waals surface area contributed by atoms with Crippen molar-refractivity contribution in [3.05, 3.63) is 47.9 Å². The molecule has 2 aliphatic rings. The predicted octanol–water partition coefficient (Wildman–Crippen LogP) is 4.98. The first-order valence-corrected chi connectivity index (χ1v) is 10.8. The Kier molecular flexibility index (Phi) is 3.46. The van der Waals surface area contributed by atoms with E-state index < -0.39 is 8.32 Å². The van der Waals surface area contributed by atoms with Crippen LogP contribution in [0.5, 0.6) is 0 Å². The zero-order valence-corrected chi connectivity index (χ0v) is 15.3. The zero-order chi connectivity index (χ0) is 16.2. The summed E-state index contributed by atoms with van der Waals surface area (Å²) in [6.07, 6.45) is 1.94. The topological polar surface area (TPSA) is 27.7 Å². The van der Waals surface area contributed by atoms with Crippen LogP contribution in [0.15, 0.2) is 42.4 Å². The fraction of sp³-hybridized carbons (Fsp3) is 0.556. The number of benzene rings is 1. The molecule has 1 aromatic carbocycles. The summed E-state index contributed by atoms with van der Waals surface area (Å²) in [6, 6.07) is 10.3. The molecule has 0 N–H and O–H groups in total. The Labute approximate surface area is 134 Å². The van der Waals surface area contributed by atoms with Crippen molar-refractivity contribution in [1.29, 1.82) is 0 Å². The van der Waals surface area contributed by atoms with Crippen LogP contribution in [0.1, 0.15) is 39.4 Å². The van der Waals surface area contributed by atoms with Crippen LogP contribution in [0.4, 0.5) is 0 Å². The molecule has 4 heteroatoms. The molecule has 0 unspecified atom stereocenters. The number of ether oxygens (including phenoxy) is 2. The molecule has 120 valence electrons. The molecule has 1 fully saturated rings. The highest BCUT2D eigenvalue weighted by Crippen LogP contribution is 2.57. The second-order valence-corrected chi connectivity index (χ2v) is 12.8. The van der Waals surface area contributed by atoms with Crippen molar-refractivity contribution in [1.82, 2.24) is 0 Å². The molecule has 2 aliphatic heterocycles. The van der Waals surface area contributed by atoms with E-state index in [1.165, 1.54) is 5.56 Å². The highest BCUT2D eigenvalue weighted by Gasteiger charge is 2.59. The SMILES string of the molecule is CC(C)(C)[Si](C)(C)OC1=C[C@@]2(C)[C@@H](O1)O[C@@H]2c1ccccc1. The van der Waals surface area contributed by atoms with E-state index in [-0.39, 0.29) is 22.8 Å². The predicted molar refractivity (Wildman–Crippen MR) is 89.6 cm³/mol. The smallest absolute Gasteiger partial charge is 0.264 e. The van der Waals surface area contributed by atoms with Gasteiger partial charge in [0.2, 0.25) is 6.29 Å². The number of hydrogen-bond donors (Lipinski definition) is 0. The standard InChI is InChI=1S/C18H26O3Si/c1-17(2,3)22(5,6)21-14-12-18(4)15(20-16(18)19-14)13-10-8-7-9-11-13/h7-12,15-16H,1-6H3/t15-,16+,18-/m1/s1. The van der Waals surface area contributed by atoms with Crippen LogP contribution in [0, 0.1) is 5.41 Å². The minimum atomic E-state index is -1.88. The largest absolute Gasteiger partial charge is 0.519 e. The first-order valence-electron chi connectivity index (χ1n) is 7.92. The summed E-state index contributed by atoms with van der Waals surface area (Å²) < 4.78 is 18.1. The maximum atomic E-state index is 6.29. The molecule has 0 bridgehead atoms. The molecule has 0 aliphatic carbocycles. The third-order valence-corrected chi connectivity index (χ3v) is 9.57. The molecule has 1 saturated heterocycles. The van der Waals surface area contributed by atoms with Gasteiger partial charge >= 0.3 is 0 Å². The third kappa shape index (κ3) is 2.38. The quantitative estimate of drug-likeness (QED) is 0.735. The van der Waals surface area contributed by atoms with Gasteiger partial charge in [-0.15, -0.1) is 0 Å². The van der Waals surface area contributed by atoms with E-state index in [1.807, 2.05) is 18.2 Å². The van der Waals surface area contributed by atoms with E-state index in [4.69, 9.17) is 13.9 Å². The van der Waals surface area contributed by atoms with Gasteiger partial charge in [0.15, 0.2) is 0 Å². The second-order valence-electron chi connectivity index (χ2n) is 8.07. The molecule has 3 atom stereocenters. The molecule has 2 heterocycles. The van der Waals surface area contributed by atoms with Crippen LogP contribution in [0.2, 0.25) is 18.1 Å². The summed E-state index contributed by atoms with van der Waals surface area (Å²) >= 11 is 0. The van der Waals surface area contributed by atoms with Gasteiger partial charge in [-0.05, 0) is 30.6 Å². The molecular formula is C18H26O3Si. The highest BCUT2D eigenvalue weighted by atomic mass is 28.4. The fourth-order valence-corrected chi connectivity index (χ4v) is 3.60. The molecule has 22 heavy (non-hydrogen) atoms. The average Bonchev–Trinajstić information content (AvgIpc) is 2.63. The fourth-order valence-electron chi connectivity index (χ4n) is 2.68. The molecule has 0 radical (unpaired) electrons. The number of fused-ring (bicyclic) bond motifs is 1. The molecule has 3 rings (SSSR count). The van der Waals surface area contributed by atoms with E-state index in [9.17, 15) is 0 Å².